The first-order valence-corrected chi connectivity index (χ1v) is 20.3. The third kappa shape index (κ3) is 9.45. The van der Waals surface area contributed by atoms with Crippen molar-refractivity contribution in [3.05, 3.63) is 71.4 Å². The number of nitrogens with zero attached hydrogens (tertiary/aromatic N) is 7. The SMILES string of the molecule is CCCCON1C(=O)N2C[C@@H]1CC[C@H]2c1nnc(CN(C(=O)OCC2c3ccccc3-c3ccccc32)C2CN(/C(=N\C(=O)OC(C)(C)C)NC(=O)OC(C)(C)C)C2)o1. The monoisotopic (exact) mass is 814 g/mol. The van der Waals surface area contributed by atoms with Gasteiger partial charge in [-0.15, -0.1) is 15.2 Å². The number of hydrogen-bond acceptors (Lipinski definition) is 11. The minimum atomic E-state index is -0.903. The standard InChI is InChI=1S/C42H54N8O9/c1-8-9-20-56-50-26-18-19-33(49(23-26)39(50)53)35-46-45-34(57-35)24-48(40(54)55-25-32-30-16-12-10-14-28(30)29-15-11-13-17-31(29)32)27-21-47(22-27)36(43-37(51)58-41(2,3)4)44-38(52)59-42(5,6)7/h10-17,26-27,32-33H,8-9,18-25H2,1-7H3,(H,43,44,51,52)/t26-,33-/m0/s1. The molecule has 3 aromatic rings. The number of aliphatic imine (C=N–C) groups is 1. The van der Waals surface area contributed by atoms with Crippen molar-refractivity contribution in [3.63, 3.8) is 0 Å². The van der Waals surface area contributed by atoms with Gasteiger partial charge in [-0.05, 0) is 83.1 Å². The van der Waals surface area contributed by atoms with Crippen molar-refractivity contribution in [2.24, 2.45) is 4.99 Å². The van der Waals surface area contributed by atoms with Gasteiger partial charge in [-0.1, -0.05) is 61.9 Å². The van der Waals surface area contributed by atoms with E-state index in [1.807, 2.05) is 36.4 Å². The second-order valence-corrected chi connectivity index (χ2v) is 17.3. The molecule has 1 aromatic heterocycles. The molecular formula is C42H54N8O9. The molecule has 0 unspecified atom stereocenters. The van der Waals surface area contributed by atoms with Crippen LogP contribution in [0.25, 0.3) is 11.1 Å². The number of piperidine rings is 1. The Balaban J connectivity index is 1.10. The lowest BCUT2D eigenvalue weighted by Gasteiger charge is -2.45. The summed E-state index contributed by atoms with van der Waals surface area (Å²) in [5, 5.41) is 12.7. The first-order chi connectivity index (χ1) is 28.1. The van der Waals surface area contributed by atoms with E-state index in [9.17, 15) is 19.2 Å². The number of likely N-dealkylation sites (tertiary alicyclic amines) is 1. The molecule has 4 heterocycles. The van der Waals surface area contributed by atoms with Crippen LogP contribution < -0.4 is 5.32 Å². The van der Waals surface area contributed by atoms with E-state index in [0.717, 1.165) is 35.1 Å². The first-order valence-electron chi connectivity index (χ1n) is 20.3. The fourth-order valence-corrected chi connectivity index (χ4v) is 7.76. The summed E-state index contributed by atoms with van der Waals surface area (Å²) in [5.74, 6) is 0.172. The number of carbonyl (C=O) groups excluding carboxylic acids is 4. The summed E-state index contributed by atoms with van der Waals surface area (Å²) >= 11 is 0. The molecule has 2 atom stereocenters. The number of carbonyl (C=O) groups is 4. The number of ether oxygens (including phenoxy) is 3. The number of hydroxylamine groups is 2. The zero-order valence-corrected chi connectivity index (χ0v) is 34.8. The average molecular weight is 815 g/mol. The van der Waals surface area contributed by atoms with Gasteiger partial charge in [0.05, 0.1) is 18.7 Å². The maximum absolute atomic E-state index is 14.2. The fraction of sp³-hybridized carbons (Fsp3) is 0.548. The van der Waals surface area contributed by atoms with Crippen molar-refractivity contribution < 1.29 is 42.6 Å². The van der Waals surface area contributed by atoms with Crippen molar-refractivity contribution in [2.75, 3.05) is 32.8 Å². The van der Waals surface area contributed by atoms with Crippen molar-refractivity contribution >= 4 is 30.3 Å². The lowest BCUT2D eigenvalue weighted by molar-refractivity contribution is -0.130. The van der Waals surface area contributed by atoms with E-state index in [4.69, 9.17) is 23.5 Å². The third-order valence-corrected chi connectivity index (χ3v) is 10.5. The van der Waals surface area contributed by atoms with Gasteiger partial charge < -0.3 is 28.4 Å². The Labute approximate surface area is 343 Å². The molecular weight excluding hydrogens is 761 g/mol. The van der Waals surface area contributed by atoms with Gasteiger partial charge in [0.1, 0.15) is 30.4 Å². The molecule has 5 amide bonds. The van der Waals surface area contributed by atoms with Gasteiger partial charge in [-0.25, -0.2) is 19.2 Å². The Bertz CT molecular complexity index is 2020. The predicted molar refractivity (Wildman–Crippen MR) is 214 cm³/mol. The highest BCUT2D eigenvalue weighted by molar-refractivity contribution is 5.99. The van der Waals surface area contributed by atoms with E-state index in [0.29, 0.717) is 26.0 Å². The number of aromatic nitrogens is 2. The highest BCUT2D eigenvalue weighted by atomic mass is 16.7. The number of guanidine groups is 1. The minimum Gasteiger partial charge on any atom is -0.448 e. The number of benzene rings is 2. The molecule has 3 fully saturated rings. The lowest BCUT2D eigenvalue weighted by Crippen LogP contribution is -2.65. The molecule has 0 saturated carbocycles. The van der Waals surface area contributed by atoms with Crippen LogP contribution in [0.2, 0.25) is 0 Å². The molecule has 316 valence electrons. The van der Waals surface area contributed by atoms with Crippen molar-refractivity contribution in [3.8, 4) is 11.1 Å². The normalized spacial score (nSPS) is 19.3. The third-order valence-electron chi connectivity index (χ3n) is 10.5. The Morgan fingerprint density at radius 3 is 2.22 bits per heavy atom. The first kappa shape index (κ1) is 41.4. The molecule has 59 heavy (non-hydrogen) atoms. The highest BCUT2D eigenvalue weighted by Crippen LogP contribution is 2.45. The van der Waals surface area contributed by atoms with E-state index in [-0.39, 0.29) is 62.0 Å². The number of hydrogen-bond donors (Lipinski definition) is 1. The smallest absolute Gasteiger partial charge is 0.437 e. The van der Waals surface area contributed by atoms with Crippen LogP contribution in [-0.4, -0.2) is 116 Å². The number of amides is 5. The Kier molecular flexibility index (Phi) is 11.9. The summed E-state index contributed by atoms with van der Waals surface area (Å²) < 4.78 is 23.2. The van der Waals surface area contributed by atoms with E-state index >= 15 is 0 Å². The number of rotatable bonds is 10. The predicted octanol–water partition coefficient (Wildman–Crippen LogP) is 6.99. The van der Waals surface area contributed by atoms with Gasteiger partial charge in [0.15, 0.2) is 0 Å². The fourth-order valence-electron chi connectivity index (χ4n) is 7.76. The summed E-state index contributed by atoms with van der Waals surface area (Å²) in [5.41, 5.74) is 2.70. The number of fused-ring (bicyclic) bond motifs is 5. The minimum absolute atomic E-state index is 0.0443. The Morgan fingerprint density at radius 1 is 0.915 bits per heavy atom. The summed E-state index contributed by atoms with van der Waals surface area (Å²) in [6.07, 6.45) is 0.812. The lowest BCUT2D eigenvalue weighted by atomic mass is 9.98. The second-order valence-electron chi connectivity index (χ2n) is 17.3. The second kappa shape index (κ2) is 16.9. The molecule has 1 aliphatic carbocycles. The van der Waals surface area contributed by atoms with Gasteiger partial charge in [-0.2, -0.15) is 5.06 Å². The van der Waals surface area contributed by atoms with Crippen LogP contribution in [0.3, 0.4) is 0 Å². The summed E-state index contributed by atoms with van der Waals surface area (Å²) in [6, 6.07) is 15.0. The van der Waals surface area contributed by atoms with Crippen molar-refractivity contribution in [2.45, 2.75) is 116 Å². The van der Waals surface area contributed by atoms with Crippen LogP contribution in [0, 0.1) is 0 Å². The maximum Gasteiger partial charge on any atom is 0.437 e. The summed E-state index contributed by atoms with van der Waals surface area (Å²) in [6.45, 7) is 13.6. The van der Waals surface area contributed by atoms with Crippen LogP contribution in [0.4, 0.5) is 19.2 Å². The maximum atomic E-state index is 14.2. The zero-order chi connectivity index (χ0) is 42.1. The topological polar surface area (TPSA) is 181 Å². The molecule has 2 aromatic carbocycles. The van der Waals surface area contributed by atoms with E-state index in [2.05, 4.69) is 39.6 Å². The Morgan fingerprint density at radius 2 is 1.58 bits per heavy atom. The molecule has 3 saturated heterocycles. The molecule has 1 N–H and O–H groups in total. The molecule has 0 spiro atoms. The largest absolute Gasteiger partial charge is 0.448 e. The van der Waals surface area contributed by atoms with Gasteiger partial charge in [0.2, 0.25) is 17.7 Å². The number of nitrogens with one attached hydrogen (secondary N) is 1. The molecule has 3 aliphatic heterocycles. The zero-order valence-electron chi connectivity index (χ0n) is 34.8. The average Bonchev–Trinajstić information content (AvgIpc) is 3.81. The van der Waals surface area contributed by atoms with Crippen LogP contribution in [0.5, 0.6) is 0 Å². The molecule has 0 radical (unpaired) electrons. The van der Waals surface area contributed by atoms with E-state index in [1.54, 1.807) is 51.3 Å². The van der Waals surface area contributed by atoms with E-state index in [1.165, 1.54) is 9.96 Å². The van der Waals surface area contributed by atoms with Gasteiger partial charge in [-0.3, -0.25) is 15.1 Å². The van der Waals surface area contributed by atoms with Crippen molar-refractivity contribution in [1.29, 1.82) is 0 Å². The van der Waals surface area contributed by atoms with E-state index < -0.39 is 41.6 Å². The molecule has 17 heteroatoms. The van der Waals surface area contributed by atoms with Crippen LogP contribution in [-0.2, 0) is 25.6 Å². The molecule has 2 bridgehead atoms. The molecule has 17 nitrogen and oxygen atoms in total. The van der Waals surface area contributed by atoms with Gasteiger partial charge >= 0.3 is 24.3 Å². The van der Waals surface area contributed by atoms with Crippen LogP contribution in [0.15, 0.2) is 57.9 Å². The van der Waals surface area contributed by atoms with Crippen LogP contribution >= 0.6 is 0 Å². The summed E-state index contributed by atoms with van der Waals surface area (Å²) in [4.78, 5) is 68.0. The van der Waals surface area contributed by atoms with Crippen molar-refractivity contribution in [1.82, 2.24) is 35.3 Å². The number of alkyl carbamates (subject to hydrolysis) is 1. The van der Waals surface area contributed by atoms with Gasteiger partial charge in [0.25, 0.3) is 0 Å². The number of unbranched alkanes of at least 4 members (excludes halogenated alkanes) is 1. The van der Waals surface area contributed by atoms with Gasteiger partial charge in [0, 0.05) is 25.6 Å². The van der Waals surface area contributed by atoms with Crippen LogP contribution in [0.1, 0.15) is 109 Å². The molecule has 4 aliphatic rings. The molecule has 7 rings (SSSR count). The summed E-state index contributed by atoms with van der Waals surface area (Å²) in [7, 11) is 0. The highest BCUT2D eigenvalue weighted by Gasteiger charge is 2.48. The Hall–Kier alpha value is -5.71. The number of urea groups is 1. The quantitative estimate of drug-likeness (QED) is 0.0960.